The van der Waals surface area contributed by atoms with Gasteiger partial charge in [0.25, 0.3) is 0 Å². The van der Waals surface area contributed by atoms with Gasteiger partial charge in [0.1, 0.15) is 11.5 Å². The third kappa shape index (κ3) is 3.70. The van der Waals surface area contributed by atoms with Crippen molar-refractivity contribution < 1.29 is 14.3 Å². The minimum absolute atomic E-state index is 0.394. The summed E-state index contributed by atoms with van der Waals surface area (Å²) < 4.78 is 11.5. The smallest absolute Gasteiger partial charge is 0.248 e. The number of rotatable bonds is 6. The SMILES string of the molecule is COc1cc(C(N)=O)ccc1-c1cccc2cnc(NC3=C4OCCC4=C3C3CCNCC3)nc12. The van der Waals surface area contributed by atoms with E-state index in [0.29, 0.717) is 23.2 Å². The molecule has 1 amide bonds. The Balaban J connectivity index is 1.37. The maximum absolute atomic E-state index is 11.6. The number of benzene rings is 2. The van der Waals surface area contributed by atoms with Crippen molar-refractivity contribution >= 4 is 22.8 Å². The summed E-state index contributed by atoms with van der Waals surface area (Å²) in [7, 11) is 1.58. The van der Waals surface area contributed by atoms with Gasteiger partial charge in [0, 0.05) is 40.3 Å². The zero-order chi connectivity index (χ0) is 23.9. The molecule has 2 aromatic carbocycles. The van der Waals surface area contributed by atoms with E-state index in [4.69, 9.17) is 20.2 Å². The van der Waals surface area contributed by atoms with Crippen molar-refractivity contribution in [1.29, 1.82) is 0 Å². The van der Waals surface area contributed by atoms with E-state index in [1.807, 2.05) is 30.5 Å². The van der Waals surface area contributed by atoms with E-state index in [9.17, 15) is 4.79 Å². The van der Waals surface area contributed by atoms with Crippen molar-refractivity contribution in [2.75, 3.05) is 32.1 Å². The first kappa shape index (κ1) is 21.6. The van der Waals surface area contributed by atoms with Crippen LogP contribution in [0.15, 0.2) is 65.2 Å². The number of piperidine rings is 1. The summed E-state index contributed by atoms with van der Waals surface area (Å²) in [6.45, 7) is 2.81. The standard InChI is InChI=1S/C27H27N5O3/c1-34-21-13-16(26(28)33)5-6-18(21)19-4-2-3-17-14-30-27(31-23(17)19)32-24-22(15-7-10-29-11-8-15)20-9-12-35-25(20)24/h2-6,13-15,29H,7-12H2,1H3,(H2,28,33)(H,30,31,32). The highest BCUT2D eigenvalue weighted by atomic mass is 16.5. The molecule has 35 heavy (non-hydrogen) atoms. The van der Waals surface area contributed by atoms with Crippen molar-refractivity contribution in [2.45, 2.75) is 19.3 Å². The summed E-state index contributed by atoms with van der Waals surface area (Å²) >= 11 is 0. The van der Waals surface area contributed by atoms with E-state index in [1.54, 1.807) is 19.2 Å². The fourth-order valence-electron chi connectivity index (χ4n) is 5.34. The summed E-state index contributed by atoms with van der Waals surface area (Å²) in [4.78, 5) is 21.2. The van der Waals surface area contributed by atoms with Crippen LogP contribution in [0.3, 0.4) is 0 Å². The second-order valence-electron chi connectivity index (χ2n) is 9.06. The molecule has 1 aromatic heterocycles. The Bertz CT molecular complexity index is 1410. The van der Waals surface area contributed by atoms with Gasteiger partial charge in [0.15, 0.2) is 0 Å². The molecular formula is C27H27N5O3. The van der Waals surface area contributed by atoms with Gasteiger partial charge in [0.2, 0.25) is 11.9 Å². The highest BCUT2D eigenvalue weighted by Gasteiger charge is 2.39. The number of aromatic nitrogens is 2. The Kier molecular flexibility index (Phi) is 5.37. The van der Waals surface area contributed by atoms with Gasteiger partial charge in [-0.1, -0.05) is 18.2 Å². The van der Waals surface area contributed by atoms with E-state index in [0.717, 1.165) is 72.4 Å². The molecule has 2 aliphatic heterocycles. The van der Waals surface area contributed by atoms with Gasteiger partial charge in [-0.15, -0.1) is 0 Å². The molecule has 0 spiro atoms. The maximum Gasteiger partial charge on any atom is 0.248 e. The van der Waals surface area contributed by atoms with Crippen LogP contribution in [0.1, 0.15) is 29.6 Å². The van der Waals surface area contributed by atoms with E-state index in [-0.39, 0.29) is 0 Å². The molecule has 4 N–H and O–H groups in total. The van der Waals surface area contributed by atoms with Crippen LogP contribution >= 0.6 is 0 Å². The number of ether oxygens (including phenoxy) is 2. The molecule has 2 fully saturated rings. The van der Waals surface area contributed by atoms with Crippen molar-refractivity contribution in [1.82, 2.24) is 15.3 Å². The van der Waals surface area contributed by atoms with E-state index in [1.165, 1.54) is 11.1 Å². The fraction of sp³-hybridized carbons (Fsp3) is 0.296. The Hall–Kier alpha value is -3.91. The molecule has 1 aliphatic carbocycles. The lowest BCUT2D eigenvalue weighted by molar-refractivity contribution is 0.1000. The van der Waals surface area contributed by atoms with Crippen molar-refractivity contribution in [2.24, 2.45) is 11.7 Å². The van der Waals surface area contributed by atoms with Gasteiger partial charge in [-0.2, -0.15) is 0 Å². The van der Waals surface area contributed by atoms with Gasteiger partial charge in [-0.05, 0) is 55.6 Å². The predicted molar refractivity (Wildman–Crippen MR) is 134 cm³/mol. The van der Waals surface area contributed by atoms with Crippen molar-refractivity contribution in [3.8, 4) is 16.9 Å². The van der Waals surface area contributed by atoms with E-state index in [2.05, 4.69) is 15.6 Å². The van der Waals surface area contributed by atoms with Crippen molar-refractivity contribution in [3.63, 3.8) is 0 Å². The molecule has 6 rings (SSSR count). The summed E-state index contributed by atoms with van der Waals surface area (Å²) in [5.74, 6) is 2.09. The van der Waals surface area contributed by atoms with Crippen LogP contribution in [-0.2, 0) is 4.74 Å². The molecule has 0 atom stereocenters. The second-order valence-corrected chi connectivity index (χ2v) is 9.06. The Morgan fingerprint density at radius 3 is 2.86 bits per heavy atom. The number of nitrogens with one attached hydrogen (secondary N) is 2. The average Bonchev–Trinajstić information content (AvgIpc) is 3.30. The third-order valence-corrected chi connectivity index (χ3v) is 7.07. The van der Waals surface area contributed by atoms with Crippen LogP contribution in [0.4, 0.5) is 5.95 Å². The summed E-state index contributed by atoms with van der Waals surface area (Å²) in [5, 5.41) is 7.84. The highest BCUT2D eigenvalue weighted by molar-refractivity contribution is 5.98. The number of primary amides is 1. The van der Waals surface area contributed by atoms with E-state index >= 15 is 0 Å². The van der Waals surface area contributed by atoms with Gasteiger partial charge >= 0.3 is 0 Å². The van der Waals surface area contributed by atoms with Crippen LogP contribution < -0.4 is 21.1 Å². The molecule has 0 unspecified atom stereocenters. The number of amides is 1. The zero-order valence-corrected chi connectivity index (χ0v) is 19.6. The molecule has 3 aliphatic rings. The molecule has 0 saturated carbocycles. The normalized spacial score (nSPS) is 17.7. The lowest BCUT2D eigenvalue weighted by Crippen LogP contribution is -2.32. The number of nitrogens with zero attached hydrogens (tertiary/aromatic N) is 2. The number of hydrogen-bond acceptors (Lipinski definition) is 7. The largest absolute Gasteiger partial charge is 0.496 e. The van der Waals surface area contributed by atoms with E-state index < -0.39 is 5.91 Å². The zero-order valence-electron chi connectivity index (χ0n) is 19.6. The molecule has 0 radical (unpaired) electrons. The Labute approximate surface area is 203 Å². The second kappa shape index (κ2) is 8.70. The molecule has 3 heterocycles. The van der Waals surface area contributed by atoms with Gasteiger partial charge in [-0.3, -0.25) is 4.79 Å². The molecule has 2 saturated heterocycles. The first-order valence-corrected chi connectivity index (χ1v) is 12.0. The molecule has 8 heteroatoms. The van der Waals surface area contributed by atoms with Crippen LogP contribution in [0.2, 0.25) is 0 Å². The summed E-state index contributed by atoms with van der Waals surface area (Å²) in [6, 6.07) is 11.1. The number of nitrogens with two attached hydrogens (primary N) is 1. The molecule has 8 nitrogen and oxygen atoms in total. The minimum Gasteiger partial charge on any atom is -0.496 e. The van der Waals surface area contributed by atoms with Crippen LogP contribution in [0, 0.1) is 5.92 Å². The number of fused-ring (bicyclic) bond motifs is 2. The van der Waals surface area contributed by atoms with Gasteiger partial charge in [0.05, 0.1) is 24.9 Å². The number of hydrogen-bond donors (Lipinski definition) is 3. The number of carbonyl (C=O) groups is 1. The lowest BCUT2D eigenvalue weighted by atomic mass is 9.78. The number of carbonyl (C=O) groups excluding carboxylic acids is 1. The quantitative estimate of drug-likeness (QED) is 0.504. The fourth-order valence-corrected chi connectivity index (χ4v) is 5.34. The molecular weight excluding hydrogens is 442 g/mol. The molecule has 0 bridgehead atoms. The minimum atomic E-state index is -0.497. The van der Waals surface area contributed by atoms with Crippen LogP contribution in [0.5, 0.6) is 5.75 Å². The maximum atomic E-state index is 11.6. The van der Waals surface area contributed by atoms with Crippen LogP contribution in [-0.4, -0.2) is 42.7 Å². The van der Waals surface area contributed by atoms with Gasteiger partial charge < -0.3 is 25.8 Å². The third-order valence-electron chi connectivity index (χ3n) is 7.07. The first-order valence-electron chi connectivity index (χ1n) is 12.0. The van der Waals surface area contributed by atoms with Gasteiger partial charge in [-0.25, -0.2) is 9.97 Å². The monoisotopic (exact) mass is 469 g/mol. The van der Waals surface area contributed by atoms with Crippen LogP contribution in [0.25, 0.3) is 22.0 Å². The number of anilines is 1. The topological polar surface area (TPSA) is 111 Å². The molecule has 178 valence electrons. The average molecular weight is 470 g/mol. The Morgan fingerprint density at radius 2 is 2.06 bits per heavy atom. The first-order chi connectivity index (χ1) is 17.1. The lowest BCUT2D eigenvalue weighted by Gasteiger charge is -2.34. The highest BCUT2D eigenvalue weighted by Crippen LogP contribution is 2.47. The molecule has 3 aromatic rings. The Morgan fingerprint density at radius 1 is 1.20 bits per heavy atom. The number of para-hydroxylation sites is 1. The predicted octanol–water partition coefficient (Wildman–Crippen LogP) is 3.76. The number of methoxy groups -OCH3 is 1. The van der Waals surface area contributed by atoms with Crippen molar-refractivity contribution in [3.05, 3.63) is 70.8 Å². The summed E-state index contributed by atoms with van der Waals surface area (Å²) in [6.07, 6.45) is 5.05. The number of allylic oxidation sites excluding steroid dienone is 2. The summed E-state index contributed by atoms with van der Waals surface area (Å²) in [5.41, 5.74) is 12.1.